The maximum absolute atomic E-state index is 13.5. The first-order chi connectivity index (χ1) is 14.1. The fraction of sp³-hybridized carbons (Fsp3) is 0.167. The number of anilines is 1. The van der Waals surface area contributed by atoms with E-state index in [-0.39, 0.29) is 5.82 Å². The van der Waals surface area contributed by atoms with Crippen molar-refractivity contribution in [1.29, 1.82) is 0 Å². The number of aromatic nitrogens is 2. The van der Waals surface area contributed by atoms with Crippen LogP contribution in [0.3, 0.4) is 0 Å². The Kier molecular flexibility index (Phi) is 5.38. The highest BCUT2D eigenvalue weighted by atomic mass is 19.1. The molecule has 1 heterocycles. The van der Waals surface area contributed by atoms with Crippen molar-refractivity contribution in [3.05, 3.63) is 102 Å². The molecule has 0 saturated carbocycles. The van der Waals surface area contributed by atoms with Crippen molar-refractivity contribution in [2.45, 2.75) is 25.8 Å². The van der Waals surface area contributed by atoms with Gasteiger partial charge in [-0.1, -0.05) is 56.3 Å². The summed E-state index contributed by atoms with van der Waals surface area (Å²) in [5.74, 6) is 1.04. The van der Waals surface area contributed by atoms with Gasteiger partial charge in [-0.2, -0.15) is 0 Å². The van der Waals surface area contributed by atoms with E-state index in [1.54, 1.807) is 12.1 Å². The van der Waals surface area contributed by atoms with Gasteiger partial charge in [0.2, 0.25) is 11.8 Å². The monoisotopic (exact) mass is 387 g/mol. The zero-order valence-electron chi connectivity index (χ0n) is 16.3. The fourth-order valence-electron chi connectivity index (χ4n) is 3.12. The van der Waals surface area contributed by atoms with Crippen LogP contribution < -0.4 is 5.32 Å². The molecule has 0 aliphatic carbocycles. The summed E-state index contributed by atoms with van der Waals surface area (Å²) in [6, 6.07) is 23.8. The Hall–Kier alpha value is -3.47. The van der Waals surface area contributed by atoms with Crippen molar-refractivity contribution in [2.24, 2.45) is 0 Å². The Morgan fingerprint density at radius 2 is 1.45 bits per heavy atom. The molecule has 4 aromatic rings. The second kappa shape index (κ2) is 8.27. The van der Waals surface area contributed by atoms with Crippen LogP contribution in [0.25, 0.3) is 11.5 Å². The zero-order valence-corrected chi connectivity index (χ0v) is 16.3. The molecule has 0 unspecified atom stereocenters. The van der Waals surface area contributed by atoms with E-state index in [4.69, 9.17) is 4.42 Å². The standard InChI is InChI=1S/C24H22FN3O/c1-16(2)17-10-14-21(15-11-17)26-22(18-8-12-20(25)13-9-18)24-28-27-23(29-24)19-6-4-3-5-7-19/h3-16,22,26H,1-2H3/t22-/m0/s1. The molecular weight excluding hydrogens is 365 g/mol. The van der Waals surface area contributed by atoms with E-state index in [1.807, 2.05) is 42.5 Å². The molecule has 0 amide bonds. The normalized spacial score (nSPS) is 12.1. The second-order valence-electron chi connectivity index (χ2n) is 7.22. The van der Waals surface area contributed by atoms with Gasteiger partial charge in [-0.15, -0.1) is 10.2 Å². The quantitative estimate of drug-likeness (QED) is 0.428. The van der Waals surface area contributed by atoms with Crippen molar-refractivity contribution in [1.82, 2.24) is 10.2 Å². The first kappa shape index (κ1) is 18.9. The minimum atomic E-state index is -0.398. The molecule has 5 heteroatoms. The van der Waals surface area contributed by atoms with Crippen LogP contribution >= 0.6 is 0 Å². The summed E-state index contributed by atoms with van der Waals surface area (Å²) < 4.78 is 19.4. The van der Waals surface area contributed by atoms with Crippen LogP contribution in [0, 0.1) is 5.82 Å². The first-order valence-corrected chi connectivity index (χ1v) is 9.61. The maximum Gasteiger partial charge on any atom is 0.247 e. The van der Waals surface area contributed by atoms with E-state index in [9.17, 15) is 4.39 Å². The third kappa shape index (κ3) is 4.35. The van der Waals surface area contributed by atoms with Crippen LogP contribution in [0.1, 0.15) is 42.8 Å². The van der Waals surface area contributed by atoms with Crippen molar-refractivity contribution >= 4 is 5.69 Å². The average molecular weight is 387 g/mol. The van der Waals surface area contributed by atoms with Gasteiger partial charge in [0.15, 0.2) is 0 Å². The van der Waals surface area contributed by atoms with Gasteiger partial charge in [-0.3, -0.25) is 0 Å². The van der Waals surface area contributed by atoms with Gasteiger partial charge < -0.3 is 9.73 Å². The van der Waals surface area contributed by atoms with Gasteiger partial charge in [0, 0.05) is 11.3 Å². The molecule has 4 rings (SSSR count). The van der Waals surface area contributed by atoms with Gasteiger partial charge in [-0.25, -0.2) is 4.39 Å². The van der Waals surface area contributed by atoms with Crippen molar-refractivity contribution in [3.63, 3.8) is 0 Å². The highest BCUT2D eigenvalue weighted by Crippen LogP contribution is 2.29. The molecule has 1 aromatic heterocycles. The molecule has 29 heavy (non-hydrogen) atoms. The van der Waals surface area contributed by atoms with Gasteiger partial charge >= 0.3 is 0 Å². The molecule has 0 saturated heterocycles. The molecule has 0 aliphatic heterocycles. The summed E-state index contributed by atoms with van der Waals surface area (Å²) in [5.41, 5.74) is 3.87. The highest BCUT2D eigenvalue weighted by Gasteiger charge is 2.21. The van der Waals surface area contributed by atoms with Crippen LogP contribution in [-0.4, -0.2) is 10.2 Å². The zero-order chi connectivity index (χ0) is 20.2. The average Bonchev–Trinajstić information content (AvgIpc) is 3.24. The van der Waals surface area contributed by atoms with E-state index >= 15 is 0 Å². The van der Waals surface area contributed by atoms with Crippen LogP contribution in [0.4, 0.5) is 10.1 Å². The Morgan fingerprint density at radius 1 is 0.793 bits per heavy atom. The first-order valence-electron chi connectivity index (χ1n) is 9.61. The predicted octanol–water partition coefficient (Wildman–Crippen LogP) is 6.20. The summed E-state index contributed by atoms with van der Waals surface area (Å²) in [6.45, 7) is 4.32. The fourth-order valence-corrected chi connectivity index (χ4v) is 3.12. The molecule has 146 valence electrons. The Bertz CT molecular complexity index is 1060. The summed E-state index contributed by atoms with van der Waals surface area (Å²) in [6.07, 6.45) is 0. The molecule has 0 spiro atoms. The van der Waals surface area contributed by atoms with E-state index in [0.29, 0.717) is 17.7 Å². The lowest BCUT2D eigenvalue weighted by Crippen LogP contribution is -2.13. The Morgan fingerprint density at radius 3 is 2.10 bits per heavy atom. The topological polar surface area (TPSA) is 51.0 Å². The second-order valence-corrected chi connectivity index (χ2v) is 7.22. The molecular formula is C24H22FN3O. The van der Waals surface area contributed by atoms with Crippen molar-refractivity contribution < 1.29 is 8.81 Å². The molecule has 0 bridgehead atoms. The number of rotatable bonds is 6. The Labute approximate surface area is 169 Å². The number of benzene rings is 3. The van der Waals surface area contributed by atoms with Crippen molar-refractivity contribution in [3.8, 4) is 11.5 Å². The van der Waals surface area contributed by atoms with Crippen LogP contribution in [0.15, 0.2) is 83.3 Å². The van der Waals surface area contributed by atoms with Crippen LogP contribution in [0.5, 0.6) is 0 Å². The Balaban J connectivity index is 1.67. The van der Waals surface area contributed by atoms with Crippen LogP contribution in [0.2, 0.25) is 0 Å². The van der Waals surface area contributed by atoms with Gasteiger partial charge in [-0.05, 0) is 53.4 Å². The number of hydrogen-bond acceptors (Lipinski definition) is 4. The lowest BCUT2D eigenvalue weighted by Gasteiger charge is -2.18. The summed E-state index contributed by atoms with van der Waals surface area (Å²) in [5, 5.41) is 11.9. The minimum Gasteiger partial charge on any atom is -0.418 e. The molecule has 4 nitrogen and oxygen atoms in total. The third-order valence-electron chi connectivity index (χ3n) is 4.80. The highest BCUT2D eigenvalue weighted by molar-refractivity contribution is 5.53. The third-order valence-corrected chi connectivity index (χ3v) is 4.80. The molecule has 0 radical (unpaired) electrons. The number of nitrogens with one attached hydrogen (secondary N) is 1. The molecule has 0 aliphatic rings. The lowest BCUT2D eigenvalue weighted by atomic mass is 10.0. The van der Waals surface area contributed by atoms with Gasteiger partial charge in [0.05, 0.1) is 0 Å². The van der Waals surface area contributed by atoms with Gasteiger partial charge in [0.1, 0.15) is 11.9 Å². The van der Waals surface area contributed by atoms with Crippen LogP contribution in [-0.2, 0) is 0 Å². The number of nitrogens with zero attached hydrogens (tertiary/aromatic N) is 2. The molecule has 1 N–H and O–H groups in total. The molecule has 0 fully saturated rings. The summed E-state index contributed by atoms with van der Waals surface area (Å²) in [7, 11) is 0. The van der Waals surface area contributed by atoms with E-state index in [1.165, 1.54) is 17.7 Å². The SMILES string of the molecule is CC(C)c1ccc(N[C@@H](c2ccc(F)cc2)c2nnc(-c3ccccc3)o2)cc1. The summed E-state index contributed by atoms with van der Waals surface area (Å²) in [4.78, 5) is 0. The van der Waals surface area contributed by atoms with E-state index in [2.05, 4.69) is 41.5 Å². The minimum absolute atomic E-state index is 0.288. The van der Waals surface area contributed by atoms with Gasteiger partial charge in [0.25, 0.3) is 0 Å². The number of hydrogen-bond donors (Lipinski definition) is 1. The lowest BCUT2D eigenvalue weighted by molar-refractivity contribution is 0.494. The van der Waals surface area contributed by atoms with Crippen molar-refractivity contribution in [2.75, 3.05) is 5.32 Å². The maximum atomic E-state index is 13.5. The van der Waals surface area contributed by atoms with E-state index in [0.717, 1.165) is 16.8 Å². The predicted molar refractivity (Wildman–Crippen MR) is 112 cm³/mol. The largest absolute Gasteiger partial charge is 0.418 e. The number of halogens is 1. The summed E-state index contributed by atoms with van der Waals surface area (Å²) >= 11 is 0. The smallest absolute Gasteiger partial charge is 0.247 e. The molecule has 1 atom stereocenters. The van der Waals surface area contributed by atoms with E-state index < -0.39 is 6.04 Å². The molecule has 3 aromatic carbocycles.